The highest BCUT2D eigenvalue weighted by Crippen LogP contribution is 2.31. The summed E-state index contributed by atoms with van der Waals surface area (Å²) < 4.78 is 0. The van der Waals surface area contributed by atoms with Crippen LogP contribution in [0.1, 0.15) is 34.2 Å². The minimum atomic E-state index is -0.367. The van der Waals surface area contributed by atoms with Gasteiger partial charge in [-0.1, -0.05) is 0 Å². The lowest BCUT2D eigenvalue weighted by molar-refractivity contribution is 0.988. The predicted octanol–water partition coefficient (Wildman–Crippen LogP) is 0.725. The van der Waals surface area contributed by atoms with Crippen LogP contribution < -0.4 is 0 Å². The third-order valence-corrected chi connectivity index (χ3v) is 3.96. The monoisotopic (exact) mass is 400 g/mol. The van der Waals surface area contributed by atoms with Gasteiger partial charge < -0.3 is 0 Å². The van der Waals surface area contributed by atoms with Crippen molar-refractivity contribution >= 4 is 12.4 Å². The SMILES string of the molecule is C=N/C(C#N)=C(C#N)\N=C1/Cc2nc(C#N)c(C#N)nc2-c2nc(C#N)c(C#N)nc21. The van der Waals surface area contributed by atoms with Crippen molar-refractivity contribution in [2.24, 2.45) is 9.98 Å². The molecule has 140 valence electrons. The zero-order chi connectivity index (χ0) is 22.5. The van der Waals surface area contributed by atoms with Crippen LogP contribution in [-0.4, -0.2) is 32.4 Å². The van der Waals surface area contributed by atoms with E-state index in [1.807, 2.05) is 0 Å². The molecule has 0 bridgehead atoms. The molecule has 0 unspecified atom stereocenters. The molecule has 3 rings (SSSR count). The normalized spacial score (nSPS) is 12.9. The van der Waals surface area contributed by atoms with Crippen molar-refractivity contribution in [1.29, 1.82) is 31.6 Å². The highest BCUT2D eigenvalue weighted by molar-refractivity contribution is 6.08. The molecule has 0 N–H and O–H groups in total. The Hall–Kier alpha value is -5.82. The fourth-order valence-corrected chi connectivity index (χ4v) is 2.66. The van der Waals surface area contributed by atoms with E-state index in [9.17, 15) is 26.3 Å². The van der Waals surface area contributed by atoms with Gasteiger partial charge in [-0.2, -0.15) is 31.6 Å². The van der Waals surface area contributed by atoms with Crippen LogP contribution in [0, 0.1) is 68.0 Å². The Bertz CT molecular complexity index is 1480. The molecule has 0 aliphatic heterocycles. The second-order valence-electron chi connectivity index (χ2n) is 5.60. The number of aliphatic imine (C=N–C) groups is 2. The van der Waals surface area contributed by atoms with E-state index >= 15 is 0 Å². The van der Waals surface area contributed by atoms with Crippen molar-refractivity contribution in [2.45, 2.75) is 6.42 Å². The van der Waals surface area contributed by atoms with Crippen LogP contribution in [0.15, 0.2) is 21.4 Å². The van der Waals surface area contributed by atoms with E-state index in [1.54, 1.807) is 36.4 Å². The quantitative estimate of drug-likeness (QED) is 0.507. The van der Waals surface area contributed by atoms with Gasteiger partial charge >= 0.3 is 0 Å². The average molecular weight is 400 g/mol. The first kappa shape index (κ1) is 19.9. The topological polar surface area (TPSA) is 219 Å². The van der Waals surface area contributed by atoms with Crippen LogP contribution >= 0.6 is 0 Å². The van der Waals surface area contributed by atoms with E-state index in [0.717, 1.165) is 0 Å². The van der Waals surface area contributed by atoms with Crippen molar-refractivity contribution in [3.8, 4) is 47.8 Å². The summed E-state index contributed by atoms with van der Waals surface area (Å²) in [4.78, 5) is 24.1. The van der Waals surface area contributed by atoms with Crippen molar-refractivity contribution in [1.82, 2.24) is 19.9 Å². The van der Waals surface area contributed by atoms with Gasteiger partial charge in [-0.3, -0.25) is 4.99 Å². The minimum Gasteiger partial charge on any atom is -0.251 e. The minimum absolute atomic E-state index is 0.00796. The number of hydrogen-bond donors (Lipinski definition) is 0. The van der Waals surface area contributed by atoms with Gasteiger partial charge in [0.15, 0.2) is 34.2 Å². The van der Waals surface area contributed by atoms with Crippen LogP contribution in [0.3, 0.4) is 0 Å². The maximum atomic E-state index is 9.37. The summed E-state index contributed by atoms with van der Waals surface area (Å²) in [7, 11) is 0. The molecule has 0 saturated heterocycles. The molecule has 0 amide bonds. The lowest BCUT2D eigenvalue weighted by Crippen LogP contribution is -2.22. The third kappa shape index (κ3) is 3.28. The van der Waals surface area contributed by atoms with Gasteiger partial charge in [0.2, 0.25) is 0 Å². The standard InChI is InChI=1S/C19H4N12/c1-26-11(3-20)12(4-21)27-9-2-10-18(29-14(6-23)13(5-22)28-10)19-17(9)30-15(7-24)16(8-25)31-19/h1-2H2/b12-11-,27-9+. The zero-order valence-electron chi connectivity index (χ0n) is 15.3. The molecular weight excluding hydrogens is 396 g/mol. The van der Waals surface area contributed by atoms with Crippen molar-refractivity contribution in [2.75, 3.05) is 0 Å². The number of rotatable bonds is 2. The van der Waals surface area contributed by atoms with E-state index in [0.29, 0.717) is 0 Å². The molecule has 0 aromatic carbocycles. The molecule has 0 fully saturated rings. The van der Waals surface area contributed by atoms with Gasteiger partial charge in [-0.15, -0.1) is 0 Å². The summed E-state index contributed by atoms with van der Waals surface area (Å²) >= 11 is 0. The number of aromatic nitrogens is 4. The Morgan fingerprint density at radius 2 is 1.16 bits per heavy atom. The van der Waals surface area contributed by atoms with Crippen LogP contribution in [0.4, 0.5) is 0 Å². The molecule has 0 saturated carbocycles. The number of hydrogen-bond acceptors (Lipinski definition) is 12. The Morgan fingerprint density at radius 3 is 1.65 bits per heavy atom. The van der Waals surface area contributed by atoms with E-state index in [-0.39, 0.29) is 69.1 Å². The smallest absolute Gasteiger partial charge is 0.177 e. The van der Waals surface area contributed by atoms with Gasteiger partial charge in [0.25, 0.3) is 0 Å². The van der Waals surface area contributed by atoms with Crippen molar-refractivity contribution in [3.05, 3.63) is 45.6 Å². The molecule has 1 aliphatic carbocycles. The van der Waals surface area contributed by atoms with E-state index < -0.39 is 0 Å². The number of fused-ring (bicyclic) bond motifs is 3. The fraction of sp³-hybridized carbons (Fsp3) is 0.0526. The highest BCUT2D eigenvalue weighted by atomic mass is 15.0. The molecule has 0 spiro atoms. The fourth-order valence-electron chi connectivity index (χ4n) is 2.66. The molecular formula is C19H4N12. The second kappa shape index (κ2) is 8.05. The molecule has 31 heavy (non-hydrogen) atoms. The molecule has 1 aliphatic rings. The number of allylic oxidation sites excluding steroid dienone is 2. The Balaban J connectivity index is 2.44. The first-order valence-electron chi connectivity index (χ1n) is 8.07. The second-order valence-corrected chi connectivity index (χ2v) is 5.60. The summed E-state index contributed by atoms with van der Waals surface area (Å²) in [6.07, 6.45) is -0.109. The number of nitriles is 6. The van der Waals surface area contributed by atoms with Crippen molar-refractivity contribution in [3.63, 3.8) is 0 Å². The summed E-state index contributed by atoms with van der Waals surface area (Å²) in [6, 6.07) is 10.5. The Morgan fingerprint density at radius 1 is 0.677 bits per heavy atom. The summed E-state index contributed by atoms with van der Waals surface area (Å²) in [6.45, 7) is 3.22. The van der Waals surface area contributed by atoms with Crippen LogP contribution in [0.2, 0.25) is 0 Å². The van der Waals surface area contributed by atoms with E-state index in [4.69, 9.17) is 5.26 Å². The molecule has 0 atom stereocenters. The average Bonchev–Trinajstić information content (AvgIpc) is 2.82. The van der Waals surface area contributed by atoms with Crippen LogP contribution in [-0.2, 0) is 6.42 Å². The first-order valence-corrected chi connectivity index (χ1v) is 8.07. The first-order chi connectivity index (χ1) is 15.0. The Labute approximate surface area is 174 Å². The molecule has 0 radical (unpaired) electrons. The lowest BCUT2D eigenvalue weighted by Gasteiger charge is -2.19. The molecule has 12 heteroatoms. The van der Waals surface area contributed by atoms with Gasteiger partial charge in [0.1, 0.15) is 53.5 Å². The predicted molar refractivity (Wildman–Crippen MR) is 100.0 cm³/mol. The maximum absolute atomic E-state index is 9.37. The van der Waals surface area contributed by atoms with Crippen LogP contribution in [0.5, 0.6) is 0 Å². The van der Waals surface area contributed by atoms with Crippen molar-refractivity contribution < 1.29 is 0 Å². The highest BCUT2D eigenvalue weighted by Gasteiger charge is 2.30. The van der Waals surface area contributed by atoms with Gasteiger partial charge in [0, 0.05) is 6.42 Å². The van der Waals surface area contributed by atoms with Gasteiger partial charge in [-0.05, 0) is 6.72 Å². The van der Waals surface area contributed by atoms with Gasteiger partial charge in [0.05, 0.1) is 11.4 Å². The number of nitrogens with zero attached hydrogens (tertiary/aromatic N) is 12. The third-order valence-electron chi connectivity index (χ3n) is 3.96. The lowest BCUT2D eigenvalue weighted by atomic mass is 9.96. The summed E-state index contributed by atoms with van der Waals surface area (Å²) in [5.74, 6) is 0. The molecule has 2 aromatic rings. The van der Waals surface area contributed by atoms with Gasteiger partial charge in [-0.25, -0.2) is 24.9 Å². The largest absolute Gasteiger partial charge is 0.251 e. The molecule has 2 heterocycles. The Kier molecular flexibility index (Phi) is 5.17. The maximum Gasteiger partial charge on any atom is 0.177 e. The summed E-state index contributed by atoms with van der Waals surface area (Å²) in [5.41, 5.74) is -1.41. The zero-order valence-corrected chi connectivity index (χ0v) is 15.3. The van der Waals surface area contributed by atoms with E-state index in [1.165, 1.54) is 0 Å². The van der Waals surface area contributed by atoms with E-state index in [2.05, 4.69) is 36.6 Å². The molecule has 12 nitrogen and oxygen atoms in total. The van der Waals surface area contributed by atoms with Crippen LogP contribution in [0.25, 0.3) is 11.4 Å². The summed E-state index contributed by atoms with van der Waals surface area (Å²) in [5, 5.41) is 55.6. The molecule has 2 aromatic heterocycles.